The number of aryl methyl sites for hydroxylation is 2. The largest absolute Gasteiger partial charge is 0.323 e. The molecule has 0 fully saturated rings. The van der Waals surface area contributed by atoms with Gasteiger partial charge in [-0.15, -0.1) is 0 Å². The summed E-state index contributed by atoms with van der Waals surface area (Å²) in [5.74, 6) is 0. The monoisotopic (exact) mass is 309 g/mol. The summed E-state index contributed by atoms with van der Waals surface area (Å²) in [5.41, 5.74) is 2.28. The van der Waals surface area contributed by atoms with Crippen LogP contribution in [0.5, 0.6) is 0 Å². The Balaban J connectivity index is 0.000000342. The highest BCUT2D eigenvalue weighted by Gasteiger charge is 2.06. The molecule has 0 radical (unpaired) electrons. The highest BCUT2D eigenvalue weighted by Crippen LogP contribution is 2.08. The molecular formula is C16H23NO3S. The van der Waals surface area contributed by atoms with Crippen LogP contribution in [0.25, 0.3) is 0 Å². The first kappa shape index (κ1) is 19.3. The van der Waals surface area contributed by atoms with Gasteiger partial charge in [0.15, 0.2) is 0 Å². The Kier molecular flexibility index (Phi) is 9.28. The molecule has 0 aliphatic rings. The van der Waals surface area contributed by atoms with E-state index in [0.29, 0.717) is 0 Å². The second-order valence-electron chi connectivity index (χ2n) is 4.44. The summed E-state index contributed by atoms with van der Waals surface area (Å²) in [5, 5.41) is 2.75. The Bertz CT molecular complexity index is 593. The van der Waals surface area contributed by atoms with Gasteiger partial charge < -0.3 is 5.32 Å². The van der Waals surface area contributed by atoms with E-state index in [0.717, 1.165) is 5.56 Å². The molecular weight excluding hydrogens is 286 g/mol. The van der Waals surface area contributed by atoms with Gasteiger partial charge in [-0.25, -0.2) is 0 Å². The molecule has 0 amide bonds. The summed E-state index contributed by atoms with van der Waals surface area (Å²) in [4.78, 5) is -0.0666. The molecule has 0 aliphatic carbocycles. The summed E-state index contributed by atoms with van der Waals surface area (Å²) in [6, 6.07) is 16.2. The summed E-state index contributed by atoms with van der Waals surface area (Å²) >= 11 is 0. The van der Waals surface area contributed by atoms with Crippen molar-refractivity contribution < 1.29 is 13.0 Å². The van der Waals surface area contributed by atoms with Crippen molar-refractivity contribution in [2.24, 2.45) is 0 Å². The number of rotatable bonds is 1. The third-order valence-electron chi connectivity index (χ3n) is 2.26. The summed E-state index contributed by atoms with van der Waals surface area (Å²) < 4.78 is 29.6. The number of benzene rings is 2. The molecule has 116 valence electrons. The fraction of sp³-hybridized carbons (Fsp3) is 0.250. The molecule has 2 aromatic carbocycles. The van der Waals surface area contributed by atoms with E-state index in [-0.39, 0.29) is 4.90 Å². The molecule has 0 heterocycles. The van der Waals surface area contributed by atoms with Crippen molar-refractivity contribution in [1.29, 1.82) is 0 Å². The molecule has 0 unspecified atom stereocenters. The zero-order chi connectivity index (χ0) is 16.3. The smallest absolute Gasteiger partial charge is 0.294 e. The van der Waals surface area contributed by atoms with Crippen molar-refractivity contribution in [3.63, 3.8) is 0 Å². The van der Waals surface area contributed by atoms with Gasteiger partial charge >= 0.3 is 0 Å². The van der Waals surface area contributed by atoms with E-state index in [1.807, 2.05) is 39.2 Å². The van der Waals surface area contributed by atoms with Crippen molar-refractivity contribution in [3.8, 4) is 0 Å². The molecule has 4 nitrogen and oxygen atoms in total. The first-order chi connectivity index (χ1) is 9.81. The summed E-state index contributed by atoms with van der Waals surface area (Å²) in [6.07, 6.45) is 0. The highest BCUT2D eigenvalue weighted by atomic mass is 32.2. The van der Waals surface area contributed by atoms with Crippen molar-refractivity contribution in [3.05, 3.63) is 65.7 Å². The summed E-state index contributed by atoms with van der Waals surface area (Å²) in [6.45, 7) is 3.92. The third-order valence-corrected chi connectivity index (χ3v) is 3.13. The average molecular weight is 309 g/mol. The van der Waals surface area contributed by atoms with Gasteiger partial charge in [0.2, 0.25) is 0 Å². The lowest BCUT2D eigenvalue weighted by Gasteiger charge is -1.95. The maximum atomic E-state index is 10.5. The van der Waals surface area contributed by atoms with Gasteiger partial charge in [-0.3, -0.25) is 4.55 Å². The fourth-order valence-electron chi connectivity index (χ4n) is 1.24. The van der Waals surface area contributed by atoms with Gasteiger partial charge in [0, 0.05) is 0 Å². The SMILES string of the molecule is CNC.Cc1ccc(S(=O)(=O)O)cc1.Cc1ccccc1. The van der Waals surface area contributed by atoms with Crippen LogP contribution in [0.4, 0.5) is 0 Å². The lowest BCUT2D eigenvalue weighted by Crippen LogP contribution is -1.96. The van der Waals surface area contributed by atoms with Crippen LogP contribution in [0.2, 0.25) is 0 Å². The Morgan fingerprint density at radius 1 is 0.810 bits per heavy atom. The maximum absolute atomic E-state index is 10.5. The molecule has 0 bridgehead atoms. The van der Waals surface area contributed by atoms with E-state index in [4.69, 9.17) is 4.55 Å². The molecule has 0 aromatic heterocycles. The number of hydrogen-bond acceptors (Lipinski definition) is 3. The lowest BCUT2D eigenvalue weighted by atomic mass is 10.2. The molecule has 0 spiro atoms. The van der Waals surface area contributed by atoms with Gasteiger partial charge in [-0.05, 0) is 40.1 Å². The number of nitrogens with one attached hydrogen (secondary N) is 1. The van der Waals surface area contributed by atoms with Crippen LogP contribution in [-0.2, 0) is 10.1 Å². The Hall–Kier alpha value is -1.69. The predicted molar refractivity (Wildman–Crippen MR) is 87.2 cm³/mol. The van der Waals surface area contributed by atoms with Gasteiger partial charge in [0.1, 0.15) is 0 Å². The Morgan fingerprint density at radius 3 is 1.48 bits per heavy atom. The first-order valence-corrected chi connectivity index (χ1v) is 7.89. The zero-order valence-corrected chi connectivity index (χ0v) is 13.7. The minimum Gasteiger partial charge on any atom is -0.323 e. The molecule has 2 rings (SSSR count). The number of hydrogen-bond donors (Lipinski definition) is 2. The van der Waals surface area contributed by atoms with E-state index in [1.165, 1.54) is 17.7 Å². The van der Waals surface area contributed by atoms with Gasteiger partial charge in [-0.1, -0.05) is 53.6 Å². The average Bonchev–Trinajstić information content (AvgIpc) is 2.40. The van der Waals surface area contributed by atoms with E-state index in [2.05, 4.69) is 24.4 Å². The van der Waals surface area contributed by atoms with Crippen LogP contribution >= 0.6 is 0 Å². The second-order valence-corrected chi connectivity index (χ2v) is 5.86. The van der Waals surface area contributed by atoms with Gasteiger partial charge in [0.05, 0.1) is 4.90 Å². The fourth-order valence-corrected chi connectivity index (χ4v) is 1.72. The minimum atomic E-state index is -4.02. The van der Waals surface area contributed by atoms with E-state index in [9.17, 15) is 8.42 Å². The molecule has 0 saturated heterocycles. The summed E-state index contributed by atoms with van der Waals surface area (Å²) in [7, 11) is -0.270. The Labute approximate surface area is 127 Å². The van der Waals surface area contributed by atoms with Crippen molar-refractivity contribution in [1.82, 2.24) is 5.32 Å². The lowest BCUT2D eigenvalue weighted by molar-refractivity contribution is 0.483. The van der Waals surface area contributed by atoms with Crippen LogP contribution in [0.1, 0.15) is 11.1 Å². The predicted octanol–water partition coefficient (Wildman–Crippen LogP) is 3.07. The molecule has 0 aliphatic heterocycles. The van der Waals surface area contributed by atoms with Gasteiger partial charge in [-0.2, -0.15) is 8.42 Å². The molecule has 5 heteroatoms. The van der Waals surface area contributed by atoms with Gasteiger partial charge in [0.25, 0.3) is 10.1 Å². The molecule has 21 heavy (non-hydrogen) atoms. The van der Waals surface area contributed by atoms with Crippen LogP contribution in [0.3, 0.4) is 0 Å². The van der Waals surface area contributed by atoms with E-state index >= 15 is 0 Å². The third kappa shape index (κ3) is 9.79. The molecule has 0 atom stereocenters. The van der Waals surface area contributed by atoms with Crippen molar-refractivity contribution in [2.45, 2.75) is 18.7 Å². The molecule has 2 aromatic rings. The highest BCUT2D eigenvalue weighted by molar-refractivity contribution is 7.85. The van der Waals surface area contributed by atoms with Crippen molar-refractivity contribution in [2.75, 3.05) is 14.1 Å². The Morgan fingerprint density at radius 2 is 1.19 bits per heavy atom. The van der Waals surface area contributed by atoms with E-state index < -0.39 is 10.1 Å². The topological polar surface area (TPSA) is 66.4 Å². The van der Waals surface area contributed by atoms with E-state index in [1.54, 1.807) is 12.1 Å². The maximum Gasteiger partial charge on any atom is 0.294 e. The van der Waals surface area contributed by atoms with Crippen LogP contribution in [0.15, 0.2) is 59.5 Å². The molecule has 0 saturated carbocycles. The first-order valence-electron chi connectivity index (χ1n) is 6.45. The zero-order valence-electron chi connectivity index (χ0n) is 12.9. The molecule has 2 N–H and O–H groups in total. The quantitative estimate of drug-likeness (QED) is 0.795. The van der Waals surface area contributed by atoms with Crippen LogP contribution in [-0.4, -0.2) is 27.1 Å². The van der Waals surface area contributed by atoms with Crippen LogP contribution < -0.4 is 5.32 Å². The standard InChI is InChI=1S/C7H8O3S.C7H8.C2H7N/c1-6-2-4-7(5-3-6)11(8,9)10;1-7-5-3-2-4-6-7;1-3-2/h2-5H,1H3,(H,8,9,10);2-6H,1H3;3H,1-2H3. The minimum absolute atomic E-state index is 0.0666. The van der Waals surface area contributed by atoms with Crippen LogP contribution in [0, 0.1) is 13.8 Å². The van der Waals surface area contributed by atoms with Crippen molar-refractivity contribution >= 4 is 10.1 Å². The normalized spacial score (nSPS) is 9.76. The second kappa shape index (κ2) is 10.1.